The van der Waals surface area contributed by atoms with Gasteiger partial charge in [0.15, 0.2) is 0 Å². The number of amidine groups is 1. The van der Waals surface area contributed by atoms with Crippen molar-refractivity contribution in [3.63, 3.8) is 0 Å². The summed E-state index contributed by atoms with van der Waals surface area (Å²) in [6.45, 7) is 0.674. The number of ether oxygens (including phenoxy) is 1. The molecule has 150 valence electrons. The van der Waals surface area contributed by atoms with Gasteiger partial charge in [0.25, 0.3) is 5.91 Å². The number of hydrogen-bond acceptors (Lipinski definition) is 5. The molecule has 1 atom stereocenters. The Morgan fingerprint density at radius 2 is 2.18 bits per heavy atom. The Kier molecular flexibility index (Phi) is 7.08. The quantitative estimate of drug-likeness (QED) is 0.708. The van der Waals surface area contributed by atoms with Crippen LogP contribution in [-0.2, 0) is 10.3 Å². The molecule has 0 fully saturated rings. The number of nitrogens with two attached hydrogens (primary N) is 1. The van der Waals surface area contributed by atoms with Crippen LogP contribution in [0, 0.1) is 12.7 Å². The fourth-order valence-electron chi connectivity index (χ4n) is 2.87. The number of aryl methyl sites for hydroxylation is 1. The van der Waals surface area contributed by atoms with Crippen molar-refractivity contribution in [3.05, 3.63) is 57.6 Å². The lowest BCUT2D eigenvalue weighted by Gasteiger charge is -2.31. The van der Waals surface area contributed by atoms with Crippen LogP contribution in [0.25, 0.3) is 0 Å². The van der Waals surface area contributed by atoms with Crippen LogP contribution in [0.1, 0.15) is 21.6 Å². The average molecular weight is 476 g/mol. The van der Waals surface area contributed by atoms with E-state index in [4.69, 9.17) is 10.5 Å². The van der Waals surface area contributed by atoms with Gasteiger partial charge in [-0.15, -0.1) is 12.4 Å². The second-order valence-electron chi connectivity index (χ2n) is 6.23. The molecule has 0 saturated heterocycles. The van der Waals surface area contributed by atoms with Crippen molar-refractivity contribution in [1.82, 2.24) is 4.98 Å². The molecule has 3 N–H and O–H groups in total. The number of carbonyl (C=O) groups is 1. The molecule has 10 heteroatoms. The first kappa shape index (κ1) is 22.2. The molecule has 0 spiro atoms. The first-order valence-corrected chi connectivity index (χ1v) is 8.85. The van der Waals surface area contributed by atoms with Crippen LogP contribution in [0.4, 0.5) is 14.5 Å². The number of benzene rings is 1. The minimum absolute atomic E-state index is 0. The number of aliphatic imine (C=N–C) groups is 1. The molecule has 1 aliphatic heterocycles. The number of pyridine rings is 1. The van der Waals surface area contributed by atoms with E-state index in [9.17, 15) is 13.6 Å². The maximum atomic E-state index is 14.4. The number of anilines is 1. The molecule has 0 unspecified atom stereocenters. The number of hydrogen-bond donors (Lipinski definition) is 2. The summed E-state index contributed by atoms with van der Waals surface area (Å²) in [5.74, 6) is -1.04. The molecule has 1 aromatic heterocycles. The van der Waals surface area contributed by atoms with E-state index in [1.807, 2.05) is 0 Å². The summed E-state index contributed by atoms with van der Waals surface area (Å²) in [7, 11) is 0. The summed E-state index contributed by atoms with van der Waals surface area (Å²) >= 11 is 3.29. The lowest BCUT2D eigenvalue weighted by Crippen LogP contribution is -2.42. The standard InChI is InChI=1S/C18H17BrF2N4O2.ClH/c1-10-4-11(19)6-23-16(10)17(26)24-12-2-3-14(21)13(5-12)18(8-20)9-27-7-15(22)25-18;/h2-6H,7-9H2,1H3,(H2,22,25)(H,24,26);1H/t18-;/m0./s1. The van der Waals surface area contributed by atoms with Crippen LogP contribution >= 0.6 is 28.3 Å². The highest BCUT2D eigenvalue weighted by atomic mass is 79.9. The normalized spacial score (nSPS) is 18.8. The van der Waals surface area contributed by atoms with E-state index in [-0.39, 0.29) is 48.4 Å². The number of alkyl halides is 1. The molecule has 6 nitrogen and oxygen atoms in total. The molecule has 0 saturated carbocycles. The Bertz CT molecular complexity index is 928. The van der Waals surface area contributed by atoms with Crippen molar-refractivity contribution in [3.8, 4) is 0 Å². The number of halogens is 4. The molecule has 2 aromatic rings. The summed E-state index contributed by atoms with van der Waals surface area (Å²) in [5, 5.41) is 2.65. The SMILES string of the molecule is Cc1cc(Br)cnc1C(=O)Nc1ccc(F)c([C@]2(CF)COCC(N)=N2)c1.Cl. The first-order chi connectivity index (χ1) is 12.8. The Morgan fingerprint density at radius 3 is 2.82 bits per heavy atom. The second kappa shape index (κ2) is 8.93. The van der Waals surface area contributed by atoms with Crippen LogP contribution in [0.15, 0.2) is 39.9 Å². The van der Waals surface area contributed by atoms with Crippen LogP contribution in [0.2, 0.25) is 0 Å². The Labute approximate surface area is 175 Å². The van der Waals surface area contributed by atoms with Crippen molar-refractivity contribution < 1.29 is 18.3 Å². The van der Waals surface area contributed by atoms with Gasteiger partial charge in [0, 0.05) is 21.9 Å². The highest BCUT2D eigenvalue weighted by Crippen LogP contribution is 2.33. The third-order valence-corrected chi connectivity index (χ3v) is 4.59. The largest absolute Gasteiger partial charge is 0.385 e. The third kappa shape index (κ3) is 4.48. The highest BCUT2D eigenvalue weighted by molar-refractivity contribution is 9.10. The van der Waals surface area contributed by atoms with Gasteiger partial charge in [0.2, 0.25) is 0 Å². The molecule has 2 heterocycles. The zero-order valence-corrected chi connectivity index (χ0v) is 17.2. The monoisotopic (exact) mass is 474 g/mol. The third-order valence-electron chi connectivity index (χ3n) is 4.16. The van der Waals surface area contributed by atoms with Crippen molar-refractivity contribution in [2.45, 2.75) is 12.5 Å². The first-order valence-electron chi connectivity index (χ1n) is 8.06. The van der Waals surface area contributed by atoms with Crippen LogP contribution in [0.5, 0.6) is 0 Å². The van der Waals surface area contributed by atoms with Crippen LogP contribution < -0.4 is 11.1 Å². The van der Waals surface area contributed by atoms with Crippen molar-refractivity contribution >= 4 is 45.8 Å². The molecule has 1 aromatic carbocycles. The van der Waals surface area contributed by atoms with Crippen LogP contribution in [0.3, 0.4) is 0 Å². The van der Waals surface area contributed by atoms with Gasteiger partial charge >= 0.3 is 0 Å². The van der Waals surface area contributed by atoms with Crippen molar-refractivity contribution in [1.29, 1.82) is 0 Å². The van der Waals surface area contributed by atoms with E-state index in [0.717, 1.165) is 10.5 Å². The van der Waals surface area contributed by atoms with E-state index in [1.165, 1.54) is 18.3 Å². The zero-order chi connectivity index (χ0) is 19.6. The van der Waals surface area contributed by atoms with Gasteiger partial charge in [-0.3, -0.25) is 9.79 Å². The topological polar surface area (TPSA) is 89.6 Å². The van der Waals surface area contributed by atoms with Gasteiger partial charge in [0.05, 0.1) is 6.61 Å². The average Bonchev–Trinajstić information content (AvgIpc) is 2.63. The second-order valence-corrected chi connectivity index (χ2v) is 7.14. The molecule has 0 aliphatic carbocycles. The smallest absolute Gasteiger partial charge is 0.274 e. The molecular weight excluding hydrogens is 458 g/mol. The molecule has 0 radical (unpaired) electrons. The summed E-state index contributed by atoms with van der Waals surface area (Å²) < 4.78 is 34.2. The summed E-state index contributed by atoms with van der Waals surface area (Å²) in [5.41, 5.74) is 5.23. The van der Waals surface area contributed by atoms with Crippen molar-refractivity contribution in [2.75, 3.05) is 25.2 Å². The molecule has 3 rings (SSSR count). The Hall–Kier alpha value is -2.10. The number of amides is 1. The number of aromatic nitrogens is 1. The van der Waals surface area contributed by atoms with Gasteiger partial charge in [-0.25, -0.2) is 13.8 Å². The number of nitrogens with zero attached hydrogens (tertiary/aromatic N) is 2. The van der Waals surface area contributed by atoms with E-state index in [1.54, 1.807) is 13.0 Å². The van der Waals surface area contributed by atoms with Gasteiger partial charge in [0.1, 0.15) is 36.2 Å². The van der Waals surface area contributed by atoms with Gasteiger partial charge in [-0.05, 0) is 52.7 Å². The zero-order valence-electron chi connectivity index (χ0n) is 14.8. The lowest BCUT2D eigenvalue weighted by atomic mass is 9.91. The molecular formula is C18H18BrClF2N4O2. The van der Waals surface area contributed by atoms with E-state index < -0.39 is 23.9 Å². The highest BCUT2D eigenvalue weighted by Gasteiger charge is 2.38. The summed E-state index contributed by atoms with van der Waals surface area (Å²) in [6, 6.07) is 5.62. The van der Waals surface area contributed by atoms with Gasteiger partial charge in [-0.1, -0.05) is 0 Å². The summed E-state index contributed by atoms with van der Waals surface area (Å²) in [6.07, 6.45) is 1.51. The summed E-state index contributed by atoms with van der Waals surface area (Å²) in [4.78, 5) is 20.7. The Balaban J connectivity index is 0.00000280. The molecule has 28 heavy (non-hydrogen) atoms. The molecule has 1 amide bonds. The van der Waals surface area contributed by atoms with Gasteiger partial charge in [-0.2, -0.15) is 0 Å². The maximum absolute atomic E-state index is 14.4. The number of rotatable bonds is 4. The maximum Gasteiger partial charge on any atom is 0.274 e. The number of nitrogens with one attached hydrogen (secondary N) is 1. The van der Waals surface area contributed by atoms with E-state index in [0.29, 0.717) is 5.56 Å². The van der Waals surface area contributed by atoms with Gasteiger partial charge < -0.3 is 15.8 Å². The Morgan fingerprint density at radius 1 is 1.43 bits per heavy atom. The fourth-order valence-corrected chi connectivity index (χ4v) is 3.32. The lowest BCUT2D eigenvalue weighted by molar-refractivity contribution is 0.0809. The predicted octanol–water partition coefficient (Wildman–Crippen LogP) is 3.52. The van der Waals surface area contributed by atoms with E-state index >= 15 is 0 Å². The molecule has 1 aliphatic rings. The minimum atomic E-state index is -1.57. The molecule has 0 bridgehead atoms. The fraction of sp³-hybridized carbons (Fsp3) is 0.278. The predicted molar refractivity (Wildman–Crippen MR) is 108 cm³/mol. The van der Waals surface area contributed by atoms with E-state index in [2.05, 4.69) is 31.2 Å². The van der Waals surface area contributed by atoms with Crippen molar-refractivity contribution in [2.24, 2.45) is 10.7 Å². The minimum Gasteiger partial charge on any atom is -0.385 e. The number of carbonyl (C=O) groups excluding carboxylic acids is 1. The van der Waals surface area contributed by atoms with Crippen LogP contribution in [-0.4, -0.2) is 36.6 Å².